The van der Waals surface area contributed by atoms with Crippen LogP contribution in [0.4, 0.5) is 5.82 Å². The van der Waals surface area contributed by atoms with Crippen molar-refractivity contribution in [3.05, 3.63) is 21.8 Å². The van der Waals surface area contributed by atoms with Gasteiger partial charge in [0.05, 0.1) is 22.3 Å². The molecule has 114 valence electrons. The average molecular weight is 328 g/mol. The minimum Gasteiger partial charge on any atom is -0.351 e. The lowest BCUT2D eigenvalue weighted by Crippen LogP contribution is -2.61. The molecule has 1 spiro atoms. The summed E-state index contributed by atoms with van der Waals surface area (Å²) in [5.41, 5.74) is 0.778. The molecule has 4 aliphatic heterocycles. The molecule has 0 N–H and O–H groups in total. The van der Waals surface area contributed by atoms with Gasteiger partial charge in [-0.15, -0.1) is 0 Å². The fourth-order valence-electron chi connectivity index (χ4n) is 3.99. The minimum atomic E-state index is -0.0327. The molecule has 4 saturated heterocycles. The Bertz CT molecular complexity index is 574. The van der Waals surface area contributed by atoms with Crippen LogP contribution in [0.2, 0.25) is 10.0 Å². The molecule has 0 saturated carbocycles. The van der Waals surface area contributed by atoms with Gasteiger partial charge in [0.15, 0.2) is 0 Å². The van der Waals surface area contributed by atoms with Crippen LogP contribution in [0.1, 0.15) is 18.5 Å². The average Bonchev–Trinajstić information content (AvgIpc) is 2.88. The molecule has 2 bridgehead atoms. The number of aryl methyl sites for hydroxylation is 1. The Morgan fingerprint density at radius 2 is 2.00 bits per heavy atom. The predicted molar refractivity (Wildman–Crippen MR) is 84.2 cm³/mol. The highest BCUT2D eigenvalue weighted by Crippen LogP contribution is 2.43. The van der Waals surface area contributed by atoms with Crippen molar-refractivity contribution in [1.82, 2.24) is 9.88 Å². The van der Waals surface area contributed by atoms with Crippen LogP contribution in [-0.4, -0.2) is 48.4 Å². The van der Waals surface area contributed by atoms with E-state index in [2.05, 4.69) is 14.8 Å². The highest BCUT2D eigenvalue weighted by Gasteiger charge is 2.52. The number of aromatic nitrogens is 1. The van der Waals surface area contributed by atoms with E-state index in [-0.39, 0.29) is 5.60 Å². The maximum absolute atomic E-state index is 6.33. The Balaban J connectivity index is 1.61. The first kappa shape index (κ1) is 14.1. The van der Waals surface area contributed by atoms with E-state index in [1.165, 1.54) is 25.9 Å². The summed E-state index contributed by atoms with van der Waals surface area (Å²) in [5, 5.41) is 1.22. The number of nitrogens with zero attached hydrogens (tertiary/aromatic N) is 3. The van der Waals surface area contributed by atoms with E-state index in [1.54, 1.807) is 6.07 Å². The van der Waals surface area contributed by atoms with E-state index in [9.17, 15) is 0 Å². The first-order valence-electron chi connectivity index (χ1n) is 7.51. The van der Waals surface area contributed by atoms with E-state index < -0.39 is 0 Å². The van der Waals surface area contributed by atoms with Crippen LogP contribution in [0.25, 0.3) is 0 Å². The van der Waals surface area contributed by atoms with Gasteiger partial charge < -0.3 is 14.5 Å². The van der Waals surface area contributed by atoms with Gasteiger partial charge in [0.1, 0.15) is 18.1 Å². The summed E-state index contributed by atoms with van der Waals surface area (Å²) in [6, 6.07) is 1.78. The van der Waals surface area contributed by atoms with Gasteiger partial charge >= 0.3 is 0 Å². The van der Waals surface area contributed by atoms with Gasteiger partial charge in [-0.25, -0.2) is 4.98 Å². The Morgan fingerprint density at radius 1 is 1.24 bits per heavy atom. The molecule has 0 unspecified atom stereocenters. The van der Waals surface area contributed by atoms with Crippen molar-refractivity contribution < 1.29 is 4.74 Å². The number of anilines is 1. The lowest BCUT2D eigenvalue weighted by Gasteiger charge is -2.50. The van der Waals surface area contributed by atoms with Gasteiger partial charge in [-0.05, 0) is 44.8 Å². The van der Waals surface area contributed by atoms with E-state index in [1.807, 2.05) is 6.92 Å². The highest BCUT2D eigenvalue weighted by atomic mass is 35.5. The van der Waals surface area contributed by atoms with Crippen LogP contribution in [0.3, 0.4) is 0 Å². The molecule has 0 amide bonds. The van der Waals surface area contributed by atoms with E-state index in [4.69, 9.17) is 27.9 Å². The molecular weight excluding hydrogens is 309 g/mol. The van der Waals surface area contributed by atoms with Crippen molar-refractivity contribution in [2.45, 2.75) is 25.4 Å². The SMILES string of the molecule is Cc1nc(N2CO[C@]3(CN4CCC3CC4)C2)c(Cl)cc1Cl. The van der Waals surface area contributed by atoms with Crippen LogP contribution in [0.15, 0.2) is 6.07 Å². The Labute approximate surface area is 135 Å². The molecule has 0 aromatic carbocycles. The van der Waals surface area contributed by atoms with Crippen molar-refractivity contribution in [2.75, 3.05) is 37.8 Å². The molecule has 1 aromatic heterocycles. The maximum atomic E-state index is 6.33. The first-order chi connectivity index (χ1) is 10.1. The quantitative estimate of drug-likeness (QED) is 0.792. The third kappa shape index (κ3) is 2.24. The van der Waals surface area contributed by atoms with Crippen LogP contribution in [0.5, 0.6) is 0 Å². The molecule has 0 aliphatic carbocycles. The predicted octanol–water partition coefficient (Wildman–Crippen LogP) is 2.96. The van der Waals surface area contributed by atoms with Gasteiger partial charge in [0.2, 0.25) is 0 Å². The van der Waals surface area contributed by atoms with Crippen molar-refractivity contribution in [1.29, 1.82) is 0 Å². The summed E-state index contributed by atoms with van der Waals surface area (Å²) in [6.45, 7) is 6.82. The lowest BCUT2D eigenvalue weighted by molar-refractivity contribution is -0.116. The summed E-state index contributed by atoms with van der Waals surface area (Å²) in [4.78, 5) is 9.24. The summed E-state index contributed by atoms with van der Waals surface area (Å²) in [5.74, 6) is 1.46. The van der Waals surface area contributed by atoms with Gasteiger partial charge in [-0.2, -0.15) is 0 Å². The molecule has 4 fully saturated rings. The van der Waals surface area contributed by atoms with Gasteiger partial charge in [-0.1, -0.05) is 23.2 Å². The third-order valence-corrected chi connectivity index (χ3v) is 5.84. The summed E-state index contributed by atoms with van der Waals surface area (Å²) in [7, 11) is 0. The number of halogens is 2. The summed E-state index contributed by atoms with van der Waals surface area (Å²) in [6.07, 6.45) is 2.49. The zero-order valence-corrected chi connectivity index (χ0v) is 13.6. The fourth-order valence-corrected chi connectivity index (χ4v) is 4.47. The number of ether oxygens (including phenoxy) is 1. The maximum Gasteiger partial charge on any atom is 0.149 e. The monoisotopic (exact) mass is 327 g/mol. The van der Waals surface area contributed by atoms with Crippen LogP contribution < -0.4 is 4.90 Å². The van der Waals surface area contributed by atoms with Crippen molar-refractivity contribution in [3.63, 3.8) is 0 Å². The zero-order valence-electron chi connectivity index (χ0n) is 12.1. The Hall–Kier alpha value is -0.550. The third-order valence-electron chi connectivity index (χ3n) is 5.18. The molecule has 6 heteroatoms. The van der Waals surface area contributed by atoms with Gasteiger partial charge in [0, 0.05) is 6.54 Å². The molecule has 0 radical (unpaired) electrons. The molecule has 4 aliphatic rings. The summed E-state index contributed by atoms with van der Waals surface area (Å²) < 4.78 is 6.26. The van der Waals surface area contributed by atoms with Crippen LogP contribution in [0, 0.1) is 12.8 Å². The standard InChI is InChI=1S/C15H19Cl2N3O/c1-10-12(16)6-13(17)14(18-10)20-8-15(21-9-20)7-19-4-2-11(15)3-5-19/h6,11H,2-5,7-9H2,1H3/t15-/m1/s1. The summed E-state index contributed by atoms with van der Waals surface area (Å²) >= 11 is 12.4. The topological polar surface area (TPSA) is 28.6 Å². The first-order valence-corrected chi connectivity index (χ1v) is 8.27. The zero-order chi connectivity index (χ0) is 14.6. The Morgan fingerprint density at radius 3 is 2.67 bits per heavy atom. The number of hydrogen-bond acceptors (Lipinski definition) is 4. The van der Waals surface area contributed by atoms with Crippen LogP contribution >= 0.6 is 23.2 Å². The normalized spacial score (nSPS) is 34.9. The molecule has 1 atom stereocenters. The number of hydrogen-bond donors (Lipinski definition) is 0. The van der Waals surface area contributed by atoms with E-state index >= 15 is 0 Å². The second kappa shape index (κ2) is 4.98. The molecule has 5 heterocycles. The van der Waals surface area contributed by atoms with Crippen molar-refractivity contribution in [3.8, 4) is 0 Å². The number of rotatable bonds is 1. The van der Waals surface area contributed by atoms with E-state index in [0.29, 0.717) is 22.7 Å². The number of fused-ring (bicyclic) bond motifs is 2. The van der Waals surface area contributed by atoms with Crippen molar-refractivity contribution in [2.24, 2.45) is 5.92 Å². The highest BCUT2D eigenvalue weighted by molar-refractivity contribution is 6.36. The van der Waals surface area contributed by atoms with E-state index in [0.717, 1.165) is 24.6 Å². The lowest BCUT2D eigenvalue weighted by atomic mass is 9.75. The molecule has 1 aromatic rings. The van der Waals surface area contributed by atoms with Crippen LogP contribution in [-0.2, 0) is 4.74 Å². The number of pyridine rings is 1. The molecule has 4 nitrogen and oxygen atoms in total. The largest absolute Gasteiger partial charge is 0.351 e. The fraction of sp³-hybridized carbons (Fsp3) is 0.667. The smallest absolute Gasteiger partial charge is 0.149 e. The second-order valence-electron chi connectivity index (χ2n) is 6.45. The number of piperidine rings is 3. The second-order valence-corrected chi connectivity index (χ2v) is 7.26. The minimum absolute atomic E-state index is 0.0327. The Kier molecular flexibility index (Phi) is 3.34. The molecule has 5 rings (SSSR count). The van der Waals surface area contributed by atoms with Crippen molar-refractivity contribution >= 4 is 29.0 Å². The van der Waals surface area contributed by atoms with Gasteiger partial charge in [0.25, 0.3) is 0 Å². The molecule has 21 heavy (non-hydrogen) atoms. The molecular formula is C15H19Cl2N3O. The van der Waals surface area contributed by atoms with Gasteiger partial charge in [-0.3, -0.25) is 0 Å².